The molecule has 0 radical (unpaired) electrons. The quantitative estimate of drug-likeness (QED) is 0.650. The van der Waals surface area contributed by atoms with Crippen molar-refractivity contribution >= 4 is 16.9 Å². The van der Waals surface area contributed by atoms with Crippen molar-refractivity contribution in [2.45, 2.75) is 58.9 Å². The van der Waals surface area contributed by atoms with E-state index in [1.807, 2.05) is 6.07 Å². The molecule has 5 nitrogen and oxygen atoms in total. The van der Waals surface area contributed by atoms with Crippen LogP contribution in [0, 0.1) is 5.92 Å². The molecule has 1 aromatic carbocycles. The first-order valence-corrected chi connectivity index (χ1v) is 11.1. The van der Waals surface area contributed by atoms with Crippen molar-refractivity contribution in [3.8, 4) is 0 Å². The number of piperidine rings is 1. The molecule has 5 heteroatoms. The third kappa shape index (κ3) is 4.93. The second-order valence-corrected chi connectivity index (χ2v) is 8.18. The fraction of sp³-hybridized carbons (Fsp3) is 0.652. The highest BCUT2D eigenvalue weighted by Crippen LogP contribution is 2.22. The summed E-state index contributed by atoms with van der Waals surface area (Å²) >= 11 is 0. The summed E-state index contributed by atoms with van der Waals surface area (Å²) in [5.74, 6) is 1.59. The first-order valence-electron chi connectivity index (χ1n) is 11.1. The van der Waals surface area contributed by atoms with E-state index < -0.39 is 0 Å². The fourth-order valence-corrected chi connectivity index (χ4v) is 4.23. The number of aromatic nitrogens is 2. The first-order chi connectivity index (χ1) is 13.6. The number of hydrogen-bond donors (Lipinski definition) is 0. The van der Waals surface area contributed by atoms with E-state index in [4.69, 9.17) is 4.98 Å². The van der Waals surface area contributed by atoms with E-state index >= 15 is 0 Å². The Morgan fingerprint density at radius 2 is 1.89 bits per heavy atom. The van der Waals surface area contributed by atoms with Crippen LogP contribution in [0.5, 0.6) is 0 Å². The molecule has 1 fully saturated rings. The predicted molar refractivity (Wildman–Crippen MR) is 115 cm³/mol. The molecular formula is C23H36N4O. The second kappa shape index (κ2) is 10.1. The first kappa shape index (κ1) is 20.8. The highest BCUT2D eigenvalue weighted by molar-refractivity contribution is 5.79. The second-order valence-electron chi connectivity index (χ2n) is 8.18. The Morgan fingerprint density at radius 1 is 1.18 bits per heavy atom. The van der Waals surface area contributed by atoms with Crippen LogP contribution >= 0.6 is 0 Å². The van der Waals surface area contributed by atoms with Crippen LogP contribution in [-0.2, 0) is 18.4 Å². The number of amides is 1. The zero-order valence-corrected chi connectivity index (χ0v) is 17.9. The molecule has 0 N–H and O–H groups in total. The van der Waals surface area contributed by atoms with Crippen molar-refractivity contribution < 1.29 is 4.79 Å². The summed E-state index contributed by atoms with van der Waals surface area (Å²) in [4.78, 5) is 22.6. The summed E-state index contributed by atoms with van der Waals surface area (Å²) in [6.07, 6.45) is 6.60. The van der Waals surface area contributed by atoms with Gasteiger partial charge in [-0.05, 0) is 44.4 Å². The minimum Gasteiger partial charge on any atom is -0.342 e. The maximum Gasteiger partial charge on any atom is 0.226 e. The van der Waals surface area contributed by atoms with Gasteiger partial charge >= 0.3 is 0 Å². The molecule has 1 aliphatic rings. The van der Waals surface area contributed by atoms with Crippen molar-refractivity contribution in [3.63, 3.8) is 0 Å². The molecule has 1 amide bonds. The van der Waals surface area contributed by atoms with Crippen LogP contribution in [0.4, 0.5) is 0 Å². The molecule has 3 rings (SSSR count). The van der Waals surface area contributed by atoms with Gasteiger partial charge in [0.05, 0.1) is 23.5 Å². The van der Waals surface area contributed by atoms with Gasteiger partial charge in [-0.1, -0.05) is 38.8 Å². The van der Waals surface area contributed by atoms with Gasteiger partial charge in [0.1, 0.15) is 5.82 Å². The van der Waals surface area contributed by atoms with Gasteiger partial charge < -0.3 is 9.47 Å². The molecule has 1 aliphatic heterocycles. The van der Waals surface area contributed by atoms with Gasteiger partial charge in [-0.3, -0.25) is 9.69 Å². The van der Waals surface area contributed by atoms with Crippen LogP contribution in [-0.4, -0.2) is 51.4 Å². The van der Waals surface area contributed by atoms with Gasteiger partial charge in [-0.25, -0.2) is 4.98 Å². The molecule has 0 spiro atoms. The zero-order chi connectivity index (χ0) is 19.9. The molecular weight excluding hydrogens is 348 g/mol. The van der Waals surface area contributed by atoms with E-state index in [0.29, 0.717) is 5.91 Å². The number of rotatable bonds is 9. The van der Waals surface area contributed by atoms with E-state index in [-0.39, 0.29) is 5.92 Å². The molecule has 154 valence electrons. The number of carbonyl (C=O) groups is 1. The number of para-hydroxylation sites is 2. The molecule has 0 unspecified atom stereocenters. The molecule has 28 heavy (non-hydrogen) atoms. The average Bonchev–Trinajstić information content (AvgIpc) is 3.03. The Labute approximate surface area is 169 Å². The molecule has 0 saturated carbocycles. The van der Waals surface area contributed by atoms with Crippen molar-refractivity contribution in [1.29, 1.82) is 0 Å². The van der Waals surface area contributed by atoms with Crippen molar-refractivity contribution in [2.75, 3.05) is 26.2 Å². The largest absolute Gasteiger partial charge is 0.342 e. The standard InChI is InChI=1S/C23H36N4O/c1-4-6-15-27(16-7-5-2)23(28)19-11-10-14-26(17-19)18-22-24-20-12-8-9-13-21(20)25(22)3/h8-9,12-13,19H,4-7,10-11,14-18H2,1-3H3/t19-/m0/s1. The Hall–Kier alpha value is -1.88. The van der Waals surface area contributed by atoms with Crippen LogP contribution in [0.3, 0.4) is 0 Å². The Bertz CT molecular complexity index is 761. The molecule has 2 aromatic rings. The number of imidazole rings is 1. The summed E-state index contributed by atoms with van der Waals surface area (Å²) < 4.78 is 2.19. The average molecular weight is 385 g/mol. The SMILES string of the molecule is CCCCN(CCCC)C(=O)[C@H]1CCCN(Cc2nc3ccccc3n2C)C1. The Morgan fingerprint density at radius 3 is 2.57 bits per heavy atom. The Kier molecular flexibility index (Phi) is 7.49. The van der Waals surface area contributed by atoms with Crippen LogP contribution in [0.1, 0.15) is 58.2 Å². The highest BCUT2D eigenvalue weighted by atomic mass is 16.2. The van der Waals surface area contributed by atoms with E-state index in [0.717, 1.165) is 82.6 Å². The van der Waals surface area contributed by atoms with Gasteiger partial charge in [0.15, 0.2) is 0 Å². The third-order valence-corrected chi connectivity index (χ3v) is 5.97. The number of hydrogen-bond acceptors (Lipinski definition) is 3. The molecule has 0 bridgehead atoms. The lowest BCUT2D eigenvalue weighted by molar-refractivity contribution is -0.137. The molecule has 1 aromatic heterocycles. The lowest BCUT2D eigenvalue weighted by Crippen LogP contribution is -2.45. The number of likely N-dealkylation sites (tertiary alicyclic amines) is 1. The minimum absolute atomic E-state index is 0.136. The number of aryl methyl sites for hydroxylation is 1. The van der Waals surface area contributed by atoms with Crippen LogP contribution in [0.25, 0.3) is 11.0 Å². The normalized spacial score (nSPS) is 17.9. The molecule has 0 aliphatic carbocycles. The molecule has 1 saturated heterocycles. The zero-order valence-electron chi connectivity index (χ0n) is 17.9. The van der Waals surface area contributed by atoms with E-state index in [2.05, 4.69) is 53.5 Å². The maximum absolute atomic E-state index is 13.2. The third-order valence-electron chi connectivity index (χ3n) is 5.97. The van der Waals surface area contributed by atoms with Crippen LogP contribution in [0.15, 0.2) is 24.3 Å². The van der Waals surface area contributed by atoms with E-state index in [1.54, 1.807) is 0 Å². The van der Waals surface area contributed by atoms with Crippen molar-refractivity contribution in [1.82, 2.24) is 19.4 Å². The summed E-state index contributed by atoms with van der Waals surface area (Å²) in [6.45, 7) is 8.95. The fourth-order valence-electron chi connectivity index (χ4n) is 4.23. The summed E-state index contributed by atoms with van der Waals surface area (Å²) in [5.41, 5.74) is 2.22. The van der Waals surface area contributed by atoms with Gasteiger partial charge in [-0.2, -0.15) is 0 Å². The van der Waals surface area contributed by atoms with Crippen LogP contribution < -0.4 is 0 Å². The summed E-state index contributed by atoms with van der Waals surface area (Å²) in [7, 11) is 2.09. The van der Waals surface area contributed by atoms with E-state index in [1.165, 1.54) is 5.52 Å². The molecule has 1 atom stereocenters. The number of benzene rings is 1. The van der Waals surface area contributed by atoms with Crippen LogP contribution in [0.2, 0.25) is 0 Å². The summed E-state index contributed by atoms with van der Waals surface area (Å²) in [6, 6.07) is 8.29. The smallest absolute Gasteiger partial charge is 0.226 e. The maximum atomic E-state index is 13.2. The highest BCUT2D eigenvalue weighted by Gasteiger charge is 2.29. The predicted octanol–water partition coefficient (Wildman–Crippen LogP) is 4.21. The van der Waals surface area contributed by atoms with Gasteiger partial charge in [-0.15, -0.1) is 0 Å². The minimum atomic E-state index is 0.136. The number of carbonyl (C=O) groups excluding carboxylic acids is 1. The number of fused-ring (bicyclic) bond motifs is 1. The van der Waals surface area contributed by atoms with Crippen molar-refractivity contribution in [3.05, 3.63) is 30.1 Å². The lowest BCUT2D eigenvalue weighted by Gasteiger charge is -2.35. The van der Waals surface area contributed by atoms with Crippen molar-refractivity contribution in [2.24, 2.45) is 13.0 Å². The monoisotopic (exact) mass is 384 g/mol. The molecule has 2 heterocycles. The number of nitrogens with zero attached hydrogens (tertiary/aromatic N) is 4. The van der Waals surface area contributed by atoms with Gasteiger partial charge in [0.25, 0.3) is 0 Å². The Balaban J connectivity index is 1.65. The number of unbranched alkanes of at least 4 members (excludes halogenated alkanes) is 2. The van der Waals surface area contributed by atoms with Gasteiger partial charge in [0.2, 0.25) is 5.91 Å². The topological polar surface area (TPSA) is 41.4 Å². The summed E-state index contributed by atoms with van der Waals surface area (Å²) in [5, 5.41) is 0. The lowest BCUT2D eigenvalue weighted by atomic mass is 9.96. The van der Waals surface area contributed by atoms with E-state index in [9.17, 15) is 4.79 Å². The van der Waals surface area contributed by atoms with Gasteiger partial charge in [0, 0.05) is 26.7 Å².